The molecule has 0 aliphatic carbocycles. The highest BCUT2D eigenvalue weighted by atomic mass is 16.5. The minimum Gasteiger partial charge on any atom is -0.495 e. The molecule has 4 N–H and O–H groups in total. The molecule has 1 aromatic rings. The smallest absolute Gasteiger partial charge is 0.335 e. The Kier molecular flexibility index (Phi) is 5.32. The van der Waals surface area contributed by atoms with E-state index in [0.717, 1.165) is 6.42 Å². The highest BCUT2D eigenvalue weighted by Crippen LogP contribution is 2.25. The summed E-state index contributed by atoms with van der Waals surface area (Å²) in [6.45, 7) is 1.93. The molecule has 1 rings (SSSR count). The Bertz CT molecular complexity index is 474. The van der Waals surface area contributed by atoms with Gasteiger partial charge in [-0.3, -0.25) is 4.79 Å². The van der Waals surface area contributed by atoms with Crippen LogP contribution in [0.15, 0.2) is 18.2 Å². The summed E-state index contributed by atoms with van der Waals surface area (Å²) in [6, 6.07) is 3.62. The molecule has 1 atom stereocenters. The maximum atomic E-state index is 11.8. The molecule has 0 aliphatic heterocycles. The number of anilines is 1. The molecule has 1 amide bonds. The van der Waals surface area contributed by atoms with Gasteiger partial charge in [0.2, 0.25) is 5.91 Å². The van der Waals surface area contributed by atoms with E-state index in [2.05, 4.69) is 5.32 Å². The zero-order chi connectivity index (χ0) is 14.4. The SMILES string of the molecule is CCCC(N)C(=O)Nc1cc(C(=O)O)ccc1OC. The Hall–Kier alpha value is -2.08. The number of carbonyl (C=O) groups excluding carboxylic acids is 1. The van der Waals surface area contributed by atoms with E-state index in [1.54, 1.807) is 0 Å². The molecule has 0 saturated carbocycles. The summed E-state index contributed by atoms with van der Waals surface area (Å²) < 4.78 is 5.07. The number of nitrogens with two attached hydrogens (primary N) is 1. The van der Waals surface area contributed by atoms with E-state index in [9.17, 15) is 9.59 Å². The molecule has 0 aromatic heterocycles. The number of amides is 1. The molecule has 1 unspecified atom stereocenters. The van der Waals surface area contributed by atoms with Crippen molar-refractivity contribution in [3.05, 3.63) is 23.8 Å². The minimum absolute atomic E-state index is 0.0696. The summed E-state index contributed by atoms with van der Waals surface area (Å²) in [5.74, 6) is -1.04. The number of benzene rings is 1. The average molecular weight is 266 g/mol. The summed E-state index contributed by atoms with van der Waals surface area (Å²) in [5, 5.41) is 11.5. The predicted molar refractivity (Wildman–Crippen MR) is 71.5 cm³/mol. The molecular formula is C13H18N2O4. The van der Waals surface area contributed by atoms with E-state index < -0.39 is 12.0 Å². The molecule has 104 valence electrons. The van der Waals surface area contributed by atoms with Gasteiger partial charge in [-0.1, -0.05) is 13.3 Å². The first kappa shape index (κ1) is 15.0. The standard InChI is InChI=1S/C13H18N2O4/c1-3-4-9(14)12(16)15-10-7-8(13(17)18)5-6-11(10)19-2/h5-7,9H,3-4,14H2,1-2H3,(H,15,16)(H,17,18). The molecule has 0 heterocycles. The van der Waals surface area contributed by atoms with Crippen LogP contribution in [-0.4, -0.2) is 30.1 Å². The first-order chi connectivity index (χ1) is 8.99. The van der Waals surface area contributed by atoms with Gasteiger partial charge in [0.1, 0.15) is 5.75 Å². The summed E-state index contributed by atoms with van der Waals surface area (Å²) in [4.78, 5) is 22.7. The van der Waals surface area contributed by atoms with Crippen LogP contribution in [0.25, 0.3) is 0 Å². The number of hydrogen-bond donors (Lipinski definition) is 3. The van der Waals surface area contributed by atoms with E-state index in [-0.39, 0.29) is 11.5 Å². The number of carbonyl (C=O) groups is 2. The van der Waals surface area contributed by atoms with Gasteiger partial charge in [0.05, 0.1) is 24.4 Å². The monoisotopic (exact) mass is 266 g/mol. The molecule has 0 spiro atoms. The molecule has 19 heavy (non-hydrogen) atoms. The minimum atomic E-state index is -1.07. The summed E-state index contributed by atoms with van der Waals surface area (Å²) in [5.41, 5.74) is 6.07. The van der Waals surface area contributed by atoms with Crippen LogP contribution in [0.4, 0.5) is 5.69 Å². The maximum Gasteiger partial charge on any atom is 0.335 e. The lowest BCUT2D eigenvalue weighted by Crippen LogP contribution is -2.35. The molecular weight excluding hydrogens is 248 g/mol. The lowest BCUT2D eigenvalue weighted by molar-refractivity contribution is -0.117. The van der Waals surface area contributed by atoms with Gasteiger partial charge in [-0.15, -0.1) is 0 Å². The highest BCUT2D eigenvalue weighted by molar-refractivity contribution is 5.98. The van der Waals surface area contributed by atoms with Crippen molar-refractivity contribution >= 4 is 17.6 Å². The van der Waals surface area contributed by atoms with Crippen LogP contribution in [0, 0.1) is 0 Å². The largest absolute Gasteiger partial charge is 0.495 e. The molecule has 0 saturated heterocycles. The van der Waals surface area contributed by atoms with Gasteiger partial charge in [-0.2, -0.15) is 0 Å². The Balaban J connectivity index is 2.94. The van der Waals surface area contributed by atoms with Crippen molar-refractivity contribution in [2.24, 2.45) is 5.73 Å². The van der Waals surface area contributed by atoms with E-state index >= 15 is 0 Å². The zero-order valence-corrected chi connectivity index (χ0v) is 11.0. The van der Waals surface area contributed by atoms with Gasteiger partial charge >= 0.3 is 5.97 Å². The van der Waals surface area contributed by atoms with Gasteiger partial charge in [-0.25, -0.2) is 4.79 Å². The van der Waals surface area contributed by atoms with Crippen LogP contribution in [0.5, 0.6) is 5.75 Å². The second-order valence-electron chi connectivity index (χ2n) is 4.10. The van der Waals surface area contributed by atoms with Crippen LogP contribution in [0.1, 0.15) is 30.1 Å². The van der Waals surface area contributed by atoms with Crippen molar-refractivity contribution in [3.8, 4) is 5.75 Å². The molecule has 6 heteroatoms. The maximum absolute atomic E-state index is 11.8. The molecule has 6 nitrogen and oxygen atoms in total. The Labute approximate surface area is 111 Å². The van der Waals surface area contributed by atoms with Crippen LogP contribution in [0.3, 0.4) is 0 Å². The summed E-state index contributed by atoms with van der Waals surface area (Å²) >= 11 is 0. The third-order valence-corrected chi connectivity index (χ3v) is 2.64. The number of ether oxygens (including phenoxy) is 1. The van der Waals surface area contributed by atoms with E-state index in [1.807, 2.05) is 6.92 Å². The van der Waals surface area contributed by atoms with Crippen molar-refractivity contribution in [1.29, 1.82) is 0 Å². The average Bonchev–Trinajstić information content (AvgIpc) is 2.38. The van der Waals surface area contributed by atoms with E-state index in [4.69, 9.17) is 15.6 Å². The lowest BCUT2D eigenvalue weighted by atomic mass is 10.1. The molecule has 0 aliphatic rings. The Morgan fingerprint density at radius 2 is 2.16 bits per heavy atom. The van der Waals surface area contributed by atoms with E-state index in [0.29, 0.717) is 17.9 Å². The third kappa shape index (κ3) is 3.96. The van der Waals surface area contributed by atoms with Gasteiger partial charge in [-0.05, 0) is 24.6 Å². The first-order valence-electron chi connectivity index (χ1n) is 5.97. The van der Waals surface area contributed by atoms with Crippen molar-refractivity contribution < 1.29 is 19.4 Å². The number of carboxylic acids is 1. The molecule has 0 fully saturated rings. The second-order valence-corrected chi connectivity index (χ2v) is 4.10. The van der Waals surface area contributed by atoms with Crippen LogP contribution >= 0.6 is 0 Å². The van der Waals surface area contributed by atoms with Crippen molar-refractivity contribution in [3.63, 3.8) is 0 Å². The fraction of sp³-hybridized carbons (Fsp3) is 0.385. The van der Waals surface area contributed by atoms with Gasteiger partial charge in [0, 0.05) is 0 Å². The lowest BCUT2D eigenvalue weighted by Gasteiger charge is -2.14. The highest BCUT2D eigenvalue weighted by Gasteiger charge is 2.16. The number of carboxylic acid groups (broad SMARTS) is 1. The summed E-state index contributed by atoms with van der Waals surface area (Å²) in [7, 11) is 1.44. The fourth-order valence-corrected chi connectivity index (χ4v) is 1.61. The fourth-order valence-electron chi connectivity index (χ4n) is 1.61. The number of hydrogen-bond acceptors (Lipinski definition) is 4. The van der Waals surface area contributed by atoms with Crippen LogP contribution in [0.2, 0.25) is 0 Å². The van der Waals surface area contributed by atoms with Gasteiger partial charge in [0.25, 0.3) is 0 Å². The topological polar surface area (TPSA) is 102 Å². The quantitative estimate of drug-likeness (QED) is 0.723. The Morgan fingerprint density at radius 3 is 2.68 bits per heavy atom. The van der Waals surface area contributed by atoms with E-state index in [1.165, 1.54) is 25.3 Å². The second kappa shape index (κ2) is 6.75. The predicted octanol–water partition coefficient (Wildman–Crippen LogP) is 1.46. The van der Waals surface area contributed by atoms with Crippen molar-refractivity contribution in [2.45, 2.75) is 25.8 Å². The Morgan fingerprint density at radius 1 is 1.47 bits per heavy atom. The van der Waals surface area contributed by atoms with Crippen LogP contribution in [-0.2, 0) is 4.79 Å². The number of methoxy groups -OCH3 is 1. The third-order valence-electron chi connectivity index (χ3n) is 2.64. The normalized spacial score (nSPS) is 11.7. The number of rotatable bonds is 6. The number of aromatic carboxylic acids is 1. The van der Waals surface area contributed by atoms with Gasteiger partial charge in [0.15, 0.2) is 0 Å². The van der Waals surface area contributed by atoms with Gasteiger partial charge < -0.3 is 20.9 Å². The molecule has 0 radical (unpaired) electrons. The van der Waals surface area contributed by atoms with Crippen molar-refractivity contribution in [2.75, 3.05) is 12.4 Å². The molecule has 1 aromatic carbocycles. The summed E-state index contributed by atoms with van der Waals surface area (Å²) in [6.07, 6.45) is 1.35. The molecule has 0 bridgehead atoms. The van der Waals surface area contributed by atoms with Crippen LogP contribution < -0.4 is 15.8 Å². The first-order valence-corrected chi connectivity index (χ1v) is 5.97. The zero-order valence-electron chi connectivity index (χ0n) is 11.0. The number of nitrogens with one attached hydrogen (secondary N) is 1. The van der Waals surface area contributed by atoms with Crippen molar-refractivity contribution in [1.82, 2.24) is 0 Å².